The first-order chi connectivity index (χ1) is 18.3. The highest BCUT2D eigenvalue weighted by Crippen LogP contribution is 2.33. The molecule has 2 aromatic heterocycles. The van der Waals surface area contributed by atoms with Crippen LogP contribution in [0.3, 0.4) is 0 Å². The van der Waals surface area contributed by atoms with E-state index in [1.807, 2.05) is 28.9 Å². The Morgan fingerprint density at radius 1 is 0.892 bits per heavy atom. The van der Waals surface area contributed by atoms with Crippen molar-refractivity contribution in [2.75, 3.05) is 38.2 Å². The van der Waals surface area contributed by atoms with Gasteiger partial charge in [-0.25, -0.2) is 9.67 Å². The van der Waals surface area contributed by atoms with Crippen LogP contribution in [-0.4, -0.2) is 63.4 Å². The minimum absolute atomic E-state index is 0.0470. The van der Waals surface area contributed by atoms with Gasteiger partial charge in [0.15, 0.2) is 11.0 Å². The number of aryl methyl sites for hydroxylation is 2. The van der Waals surface area contributed by atoms with Crippen molar-refractivity contribution in [3.63, 3.8) is 0 Å². The number of para-hydroxylation sites is 1. The summed E-state index contributed by atoms with van der Waals surface area (Å²) < 4.78 is 8.60. The normalized spacial score (nSPS) is 15.2. The van der Waals surface area contributed by atoms with E-state index in [1.54, 1.807) is 18.4 Å². The van der Waals surface area contributed by atoms with Gasteiger partial charge in [0.1, 0.15) is 5.75 Å². The number of ether oxygens (including phenoxy) is 1. The third-order valence-electron chi connectivity index (χ3n) is 6.92. The number of methoxy groups -OCH3 is 1. The van der Waals surface area contributed by atoms with Crippen LogP contribution in [0.2, 0.25) is 0 Å². The molecule has 5 aromatic rings. The van der Waals surface area contributed by atoms with Gasteiger partial charge in [-0.3, -0.25) is 4.90 Å². The van der Waals surface area contributed by atoms with Gasteiger partial charge in [-0.1, -0.05) is 65.9 Å². The van der Waals surface area contributed by atoms with Gasteiger partial charge in [-0.15, -0.1) is 5.10 Å². The summed E-state index contributed by atoms with van der Waals surface area (Å²) in [6, 6.07) is 27.0. The van der Waals surface area contributed by atoms with Crippen LogP contribution in [0.5, 0.6) is 5.75 Å². The molecule has 0 spiro atoms. The number of aromatic nitrogens is 5. The zero-order valence-electron chi connectivity index (χ0n) is 20.8. The number of benzene rings is 3. The minimum atomic E-state index is -0.0470. The topological polar surface area (TPSA) is 72.2 Å². The number of nitrogens with zero attached hydrogens (tertiary/aromatic N) is 7. The zero-order chi connectivity index (χ0) is 25.0. The molecule has 37 heavy (non-hydrogen) atoms. The Bertz CT molecular complexity index is 1410. The van der Waals surface area contributed by atoms with Gasteiger partial charge >= 0.3 is 0 Å². The Kier molecular flexibility index (Phi) is 6.79. The maximum absolute atomic E-state index is 5.41. The molecule has 1 aliphatic heterocycles. The molecule has 1 atom stereocenters. The van der Waals surface area contributed by atoms with Gasteiger partial charge in [-0.2, -0.15) is 0 Å². The molecule has 1 aliphatic rings. The number of anilines is 1. The Hall–Kier alpha value is -3.82. The van der Waals surface area contributed by atoms with Crippen LogP contribution < -0.4 is 9.64 Å². The lowest BCUT2D eigenvalue weighted by molar-refractivity contribution is 0.200. The van der Waals surface area contributed by atoms with Gasteiger partial charge in [0.2, 0.25) is 0 Å². The second kappa shape index (κ2) is 10.7. The number of hydrogen-bond acceptors (Lipinski definition) is 8. The van der Waals surface area contributed by atoms with E-state index in [0.717, 1.165) is 66.9 Å². The third-order valence-corrected chi connectivity index (χ3v) is 8.02. The fourth-order valence-electron chi connectivity index (χ4n) is 4.92. The standard InChI is InChI=1S/C28H29N7OS/c1-36-23-13-11-22(12-14-23)26(27-30-31-32-35(27)16-15-21-7-3-2-4-8-21)33-17-19-34(20-18-33)28-29-24-9-5-6-10-25(24)37-28/h2-14,26H,15-20H2,1H3/t26-/m0/s1. The monoisotopic (exact) mass is 511 g/mol. The maximum Gasteiger partial charge on any atom is 0.186 e. The van der Waals surface area contributed by atoms with Crippen LogP contribution in [0.25, 0.3) is 10.2 Å². The third kappa shape index (κ3) is 5.05. The lowest BCUT2D eigenvalue weighted by atomic mass is 10.0. The van der Waals surface area contributed by atoms with Crippen molar-refractivity contribution in [2.24, 2.45) is 0 Å². The van der Waals surface area contributed by atoms with Gasteiger partial charge < -0.3 is 9.64 Å². The molecule has 6 rings (SSSR count). The summed E-state index contributed by atoms with van der Waals surface area (Å²) in [6.45, 7) is 4.30. The van der Waals surface area contributed by atoms with Crippen LogP contribution >= 0.6 is 11.3 Å². The van der Waals surface area contributed by atoms with E-state index < -0.39 is 0 Å². The van der Waals surface area contributed by atoms with E-state index in [0.29, 0.717) is 0 Å². The van der Waals surface area contributed by atoms with Crippen molar-refractivity contribution in [2.45, 2.75) is 19.0 Å². The van der Waals surface area contributed by atoms with Crippen LogP contribution in [0.1, 0.15) is 23.0 Å². The summed E-state index contributed by atoms with van der Waals surface area (Å²) >= 11 is 1.76. The quantitative estimate of drug-likeness (QED) is 0.305. The molecule has 0 aliphatic carbocycles. The summed E-state index contributed by atoms with van der Waals surface area (Å²) in [6.07, 6.45) is 0.875. The Labute approximate surface area is 220 Å². The SMILES string of the molecule is COc1ccc([C@@H](c2nnnn2CCc2ccccc2)N2CCN(c3nc4ccccc4s3)CC2)cc1. The number of thiazole rings is 1. The van der Waals surface area contributed by atoms with Crippen LogP contribution in [0.15, 0.2) is 78.9 Å². The Balaban J connectivity index is 1.24. The van der Waals surface area contributed by atoms with Gasteiger partial charge in [-0.05, 0) is 52.2 Å². The molecular weight excluding hydrogens is 482 g/mol. The summed E-state index contributed by atoms with van der Waals surface area (Å²) in [5, 5.41) is 14.1. The fourth-order valence-corrected chi connectivity index (χ4v) is 5.94. The van der Waals surface area contributed by atoms with Crippen molar-refractivity contribution in [3.05, 3.63) is 95.8 Å². The predicted octanol–water partition coefficient (Wildman–Crippen LogP) is 4.45. The molecule has 3 heterocycles. The molecule has 9 heteroatoms. The summed E-state index contributed by atoms with van der Waals surface area (Å²) in [4.78, 5) is 9.75. The Morgan fingerprint density at radius 3 is 2.41 bits per heavy atom. The number of tetrazole rings is 1. The molecule has 188 valence electrons. The van der Waals surface area contributed by atoms with E-state index >= 15 is 0 Å². The summed E-state index contributed by atoms with van der Waals surface area (Å²) in [5.74, 6) is 1.71. The molecule has 0 saturated carbocycles. The second-order valence-corrected chi connectivity index (χ2v) is 10.2. The molecule has 0 bridgehead atoms. The first kappa shape index (κ1) is 23.6. The van der Waals surface area contributed by atoms with Crippen molar-refractivity contribution in [3.8, 4) is 5.75 Å². The van der Waals surface area contributed by atoms with E-state index in [1.165, 1.54) is 10.3 Å². The average molecular weight is 512 g/mol. The number of hydrogen-bond donors (Lipinski definition) is 0. The molecule has 0 unspecified atom stereocenters. The molecule has 0 N–H and O–H groups in total. The molecule has 0 radical (unpaired) electrons. The van der Waals surface area contributed by atoms with Crippen molar-refractivity contribution in [1.29, 1.82) is 0 Å². The smallest absolute Gasteiger partial charge is 0.186 e. The molecular formula is C28H29N7OS. The average Bonchev–Trinajstić information content (AvgIpc) is 3.61. The molecule has 3 aromatic carbocycles. The first-order valence-corrected chi connectivity index (χ1v) is 13.4. The molecule has 1 fully saturated rings. The van der Waals surface area contributed by atoms with E-state index in [2.05, 4.69) is 79.9 Å². The van der Waals surface area contributed by atoms with Crippen molar-refractivity contribution in [1.82, 2.24) is 30.1 Å². The minimum Gasteiger partial charge on any atom is -0.497 e. The van der Waals surface area contributed by atoms with E-state index in [4.69, 9.17) is 9.72 Å². The van der Waals surface area contributed by atoms with Gasteiger partial charge in [0, 0.05) is 32.7 Å². The largest absolute Gasteiger partial charge is 0.497 e. The second-order valence-electron chi connectivity index (χ2n) is 9.16. The highest BCUT2D eigenvalue weighted by atomic mass is 32.1. The molecule has 1 saturated heterocycles. The van der Waals surface area contributed by atoms with E-state index in [9.17, 15) is 0 Å². The van der Waals surface area contributed by atoms with Crippen molar-refractivity contribution < 1.29 is 4.74 Å². The van der Waals surface area contributed by atoms with Crippen LogP contribution in [0, 0.1) is 0 Å². The van der Waals surface area contributed by atoms with E-state index in [-0.39, 0.29) is 6.04 Å². The Morgan fingerprint density at radius 2 is 1.65 bits per heavy atom. The molecule has 0 amide bonds. The number of fused-ring (bicyclic) bond motifs is 1. The van der Waals surface area contributed by atoms with Gasteiger partial charge in [0.25, 0.3) is 0 Å². The lowest BCUT2D eigenvalue weighted by Crippen LogP contribution is -2.48. The van der Waals surface area contributed by atoms with Crippen LogP contribution in [0.4, 0.5) is 5.13 Å². The van der Waals surface area contributed by atoms with Crippen LogP contribution in [-0.2, 0) is 13.0 Å². The number of piperazine rings is 1. The zero-order valence-corrected chi connectivity index (χ0v) is 21.6. The number of rotatable bonds is 8. The highest BCUT2D eigenvalue weighted by molar-refractivity contribution is 7.22. The maximum atomic E-state index is 5.41. The fraction of sp³-hybridized carbons (Fsp3) is 0.286. The van der Waals surface area contributed by atoms with Crippen molar-refractivity contribution >= 4 is 26.7 Å². The van der Waals surface area contributed by atoms with Gasteiger partial charge in [0.05, 0.1) is 23.4 Å². The first-order valence-electron chi connectivity index (χ1n) is 12.6. The summed E-state index contributed by atoms with van der Waals surface area (Å²) in [7, 11) is 1.69. The summed E-state index contributed by atoms with van der Waals surface area (Å²) in [5.41, 5.74) is 3.50. The molecule has 8 nitrogen and oxygen atoms in total. The predicted molar refractivity (Wildman–Crippen MR) is 146 cm³/mol. The highest BCUT2D eigenvalue weighted by Gasteiger charge is 2.31. The lowest BCUT2D eigenvalue weighted by Gasteiger charge is -2.38.